The van der Waals surface area contributed by atoms with E-state index in [2.05, 4.69) is 16.9 Å². The van der Waals surface area contributed by atoms with Crippen LogP contribution < -0.4 is 5.56 Å². The summed E-state index contributed by atoms with van der Waals surface area (Å²) < 4.78 is 0. The molecule has 0 bridgehead atoms. The van der Waals surface area contributed by atoms with Crippen molar-refractivity contribution in [1.82, 2.24) is 9.97 Å². The van der Waals surface area contributed by atoms with E-state index in [-0.39, 0.29) is 16.9 Å². The molecule has 13 heavy (non-hydrogen) atoms. The van der Waals surface area contributed by atoms with Gasteiger partial charge in [-0.2, -0.15) is 0 Å². The standard InChI is InChI=1S/C9H11ClN2O/c1-9(2-3-9)8-11-5-6(4-10)7(13)12-8/h5H,2-4H2,1H3,(H,11,12,13). The normalized spacial score (nSPS) is 18.6. The van der Waals surface area contributed by atoms with Gasteiger partial charge in [0, 0.05) is 11.6 Å². The molecule has 0 unspecified atom stereocenters. The van der Waals surface area contributed by atoms with Gasteiger partial charge in [-0.1, -0.05) is 6.92 Å². The summed E-state index contributed by atoms with van der Waals surface area (Å²) in [5, 5.41) is 0. The lowest BCUT2D eigenvalue weighted by atomic mass is 10.1. The highest BCUT2D eigenvalue weighted by atomic mass is 35.5. The lowest BCUT2D eigenvalue weighted by Crippen LogP contribution is -2.19. The molecule has 0 aromatic carbocycles. The van der Waals surface area contributed by atoms with Crippen LogP contribution in [0.25, 0.3) is 0 Å². The van der Waals surface area contributed by atoms with Crippen LogP contribution in [0.2, 0.25) is 0 Å². The Hall–Kier alpha value is -0.830. The number of halogens is 1. The fourth-order valence-corrected chi connectivity index (χ4v) is 1.44. The van der Waals surface area contributed by atoms with Gasteiger partial charge >= 0.3 is 0 Å². The first-order valence-electron chi connectivity index (χ1n) is 4.30. The number of aromatic amines is 1. The zero-order valence-electron chi connectivity index (χ0n) is 7.43. The number of hydrogen-bond acceptors (Lipinski definition) is 2. The van der Waals surface area contributed by atoms with Crippen LogP contribution in [0, 0.1) is 0 Å². The highest BCUT2D eigenvalue weighted by molar-refractivity contribution is 6.17. The van der Waals surface area contributed by atoms with E-state index in [1.165, 1.54) is 0 Å². The van der Waals surface area contributed by atoms with Gasteiger partial charge in [0.15, 0.2) is 0 Å². The number of nitrogens with zero attached hydrogens (tertiary/aromatic N) is 1. The Morgan fingerprint density at radius 2 is 2.38 bits per heavy atom. The maximum Gasteiger partial charge on any atom is 0.255 e. The van der Waals surface area contributed by atoms with Crippen LogP contribution in [0.15, 0.2) is 11.0 Å². The number of nitrogens with one attached hydrogen (secondary N) is 1. The molecule has 0 aliphatic heterocycles. The maximum atomic E-state index is 11.4. The summed E-state index contributed by atoms with van der Waals surface area (Å²) in [7, 11) is 0. The van der Waals surface area contributed by atoms with Gasteiger partial charge in [0.2, 0.25) is 0 Å². The van der Waals surface area contributed by atoms with Gasteiger partial charge < -0.3 is 4.98 Å². The highest BCUT2D eigenvalue weighted by Crippen LogP contribution is 2.45. The van der Waals surface area contributed by atoms with Crippen LogP contribution in [-0.2, 0) is 11.3 Å². The van der Waals surface area contributed by atoms with E-state index in [1.54, 1.807) is 6.20 Å². The molecule has 0 radical (unpaired) electrons. The van der Waals surface area contributed by atoms with Crippen molar-refractivity contribution >= 4 is 11.6 Å². The second-order valence-corrected chi connectivity index (χ2v) is 4.05. The molecule has 1 saturated carbocycles. The van der Waals surface area contributed by atoms with Crippen LogP contribution in [0.1, 0.15) is 31.2 Å². The molecule has 1 N–H and O–H groups in total. The van der Waals surface area contributed by atoms with Crippen LogP contribution in [0.4, 0.5) is 0 Å². The van der Waals surface area contributed by atoms with Gasteiger partial charge in [0.25, 0.3) is 5.56 Å². The molecule has 2 rings (SSSR count). The lowest BCUT2D eigenvalue weighted by Gasteiger charge is -2.06. The summed E-state index contributed by atoms with van der Waals surface area (Å²) in [5.41, 5.74) is 0.548. The first-order chi connectivity index (χ1) is 6.15. The van der Waals surface area contributed by atoms with Crippen molar-refractivity contribution in [3.8, 4) is 0 Å². The zero-order chi connectivity index (χ0) is 9.47. The minimum atomic E-state index is -0.104. The number of rotatable bonds is 2. The van der Waals surface area contributed by atoms with E-state index < -0.39 is 0 Å². The summed E-state index contributed by atoms with van der Waals surface area (Å²) in [6.07, 6.45) is 3.79. The fraction of sp³-hybridized carbons (Fsp3) is 0.556. The van der Waals surface area contributed by atoms with Crippen molar-refractivity contribution in [3.05, 3.63) is 27.9 Å². The highest BCUT2D eigenvalue weighted by Gasteiger charge is 2.41. The van der Waals surface area contributed by atoms with Gasteiger partial charge in [-0.25, -0.2) is 4.98 Å². The molecular formula is C9H11ClN2O. The Balaban J connectivity index is 2.42. The Bertz CT molecular complexity index is 381. The Kier molecular flexibility index (Phi) is 1.91. The average molecular weight is 199 g/mol. The zero-order valence-corrected chi connectivity index (χ0v) is 8.19. The first kappa shape index (κ1) is 8.75. The third-order valence-corrected chi connectivity index (χ3v) is 2.88. The molecule has 0 amide bonds. The van der Waals surface area contributed by atoms with Crippen LogP contribution in [0.3, 0.4) is 0 Å². The smallest absolute Gasteiger partial charge is 0.255 e. The van der Waals surface area contributed by atoms with E-state index in [4.69, 9.17) is 11.6 Å². The largest absolute Gasteiger partial charge is 0.310 e. The SMILES string of the molecule is CC1(c2ncc(CCl)c(=O)[nH]2)CC1. The molecule has 4 heteroatoms. The molecule has 0 spiro atoms. The minimum Gasteiger partial charge on any atom is -0.310 e. The minimum absolute atomic E-state index is 0.104. The van der Waals surface area contributed by atoms with Crippen LogP contribution >= 0.6 is 11.6 Å². The van der Waals surface area contributed by atoms with E-state index in [1.807, 2.05) is 0 Å². The molecule has 0 saturated heterocycles. The Morgan fingerprint density at radius 1 is 1.69 bits per heavy atom. The molecule has 0 atom stereocenters. The van der Waals surface area contributed by atoms with Gasteiger partial charge in [-0.3, -0.25) is 4.79 Å². The molecule has 3 nitrogen and oxygen atoms in total. The van der Waals surface area contributed by atoms with Gasteiger partial charge in [0.1, 0.15) is 5.82 Å². The van der Waals surface area contributed by atoms with E-state index >= 15 is 0 Å². The molecule has 1 aliphatic carbocycles. The average Bonchev–Trinajstić information content (AvgIpc) is 2.85. The van der Waals surface area contributed by atoms with Crippen molar-refractivity contribution in [2.24, 2.45) is 0 Å². The topological polar surface area (TPSA) is 45.8 Å². The predicted octanol–water partition coefficient (Wildman–Crippen LogP) is 1.56. The molecule has 1 aromatic rings. The molecule has 70 valence electrons. The molecule has 1 aromatic heterocycles. The van der Waals surface area contributed by atoms with Crippen LogP contribution in [-0.4, -0.2) is 9.97 Å². The van der Waals surface area contributed by atoms with Crippen molar-refractivity contribution < 1.29 is 0 Å². The van der Waals surface area contributed by atoms with E-state index in [9.17, 15) is 4.79 Å². The summed E-state index contributed by atoms with van der Waals surface area (Å²) in [5.74, 6) is 1.02. The monoisotopic (exact) mass is 198 g/mol. The van der Waals surface area contributed by atoms with Gasteiger partial charge in [-0.15, -0.1) is 11.6 Å². The van der Waals surface area contributed by atoms with E-state index in [0.29, 0.717) is 5.56 Å². The van der Waals surface area contributed by atoms with Crippen LogP contribution in [0.5, 0.6) is 0 Å². The van der Waals surface area contributed by atoms with Crippen molar-refractivity contribution in [1.29, 1.82) is 0 Å². The quantitative estimate of drug-likeness (QED) is 0.734. The van der Waals surface area contributed by atoms with Crippen molar-refractivity contribution in [3.63, 3.8) is 0 Å². The molecular weight excluding hydrogens is 188 g/mol. The van der Waals surface area contributed by atoms with Gasteiger partial charge in [0.05, 0.1) is 11.4 Å². The Morgan fingerprint density at radius 3 is 2.85 bits per heavy atom. The summed E-state index contributed by atoms with van der Waals surface area (Å²) in [4.78, 5) is 18.3. The number of hydrogen-bond donors (Lipinski definition) is 1. The molecule has 1 heterocycles. The second kappa shape index (κ2) is 2.84. The second-order valence-electron chi connectivity index (χ2n) is 3.78. The summed E-state index contributed by atoms with van der Waals surface area (Å²) in [6.45, 7) is 2.10. The van der Waals surface area contributed by atoms with Crippen molar-refractivity contribution in [2.45, 2.75) is 31.1 Å². The lowest BCUT2D eigenvalue weighted by molar-refractivity contribution is 0.699. The van der Waals surface area contributed by atoms with Gasteiger partial charge in [-0.05, 0) is 12.8 Å². The third kappa shape index (κ3) is 1.48. The predicted molar refractivity (Wildman–Crippen MR) is 51.0 cm³/mol. The summed E-state index contributed by atoms with van der Waals surface area (Å²) >= 11 is 5.55. The molecule has 1 fully saturated rings. The van der Waals surface area contributed by atoms with Crippen molar-refractivity contribution in [2.75, 3.05) is 0 Å². The first-order valence-corrected chi connectivity index (χ1v) is 4.84. The number of H-pyrrole nitrogens is 1. The van der Waals surface area contributed by atoms with E-state index in [0.717, 1.165) is 18.7 Å². The number of alkyl halides is 1. The number of aromatic nitrogens is 2. The fourth-order valence-electron chi connectivity index (χ4n) is 1.25. The molecule has 1 aliphatic rings. The summed E-state index contributed by atoms with van der Waals surface area (Å²) in [6, 6.07) is 0. The maximum absolute atomic E-state index is 11.4. The third-order valence-electron chi connectivity index (χ3n) is 2.59. The Labute approximate surface area is 81.2 Å².